The van der Waals surface area contributed by atoms with Gasteiger partial charge in [0.25, 0.3) is 5.91 Å². The number of anilines is 1. The largest absolute Gasteiger partial charge is 0.352 e. The number of carbonyl (C=O) groups is 3. The van der Waals surface area contributed by atoms with E-state index in [2.05, 4.69) is 16.0 Å². The molecule has 164 valence electrons. The summed E-state index contributed by atoms with van der Waals surface area (Å²) in [4.78, 5) is 39.0. The Labute approximate surface area is 183 Å². The quantitative estimate of drug-likeness (QED) is 0.667. The molecule has 0 spiro atoms. The van der Waals surface area contributed by atoms with Crippen LogP contribution in [0.5, 0.6) is 0 Å². The van der Waals surface area contributed by atoms with Gasteiger partial charge < -0.3 is 20.9 Å². The number of amides is 4. The van der Waals surface area contributed by atoms with Gasteiger partial charge in [0, 0.05) is 42.8 Å². The minimum absolute atomic E-state index is 0.0241. The van der Waals surface area contributed by atoms with Gasteiger partial charge in [-0.05, 0) is 50.5 Å². The molecule has 7 heteroatoms. The number of nitrogens with zero attached hydrogens (tertiary/aromatic N) is 1. The summed E-state index contributed by atoms with van der Waals surface area (Å²) in [6, 6.07) is 16.5. The molecule has 0 radical (unpaired) electrons. The summed E-state index contributed by atoms with van der Waals surface area (Å²) >= 11 is 0. The Balaban J connectivity index is 1.50. The summed E-state index contributed by atoms with van der Waals surface area (Å²) in [7, 11) is 0. The van der Waals surface area contributed by atoms with E-state index in [1.165, 1.54) is 0 Å². The predicted octanol–water partition coefficient (Wildman–Crippen LogP) is 3.39. The maximum atomic E-state index is 12.9. The molecule has 0 bridgehead atoms. The zero-order chi connectivity index (χ0) is 22.2. The van der Waals surface area contributed by atoms with E-state index >= 15 is 0 Å². The van der Waals surface area contributed by atoms with Gasteiger partial charge in [-0.25, -0.2) is 4.79 Å². The molecule has 0 unspecified atom stereocenters. The fraction of sp³-hybridized carbons (Fsp3) is 0.375. The second-order valence-corrected chi connectivity index (χ2v) is 8.10. The van der Waals surface area contributed by atoms with E-state index in [9.17, 15) is 14.4 Å². The van der Waals surface area contributed by atoms with Crippen molar-refractivity contribution in [2.75, 3.05) is 18.4 Å². The molecular weight excluding hydrogens is 392 g/mol. The minimum Gasteiger partial charge on any atom is -0.352 e. The number of carbonyl (C=O) groups excluding carboxylic acids is 3. The molecule has 31 heavy (non-hydrogen) atoms. The first-order chi connectivity index (χ1) is 14.9. The third-order valence-corrected chi connectivity index (χ3v) is 5.25. The Kier molecular flexibility index (Phi) is 7.65. The number of rotatable bonds is 6. The highest BCUT2D eigenvalue weighted by Crippen LogP contribution is 2.21. The molecule has 1 aliphatic rings. The average molecular weight is 423 g/mol. The van der Waals surface area contributed by atoms with Gasteiger partial charge in [0.1, 0.15) is 0 Å². The Hall–Kier alpha value is -3.35. The van der Waals surface area contributed by atoms with Crippen molar-refractivity contribution in [3.63, 3.8) is 0 Å². The van der Waals surface area contributed by atoms with E-state index in [1.807, 2.05) is 44.2 Å². The van der Waals surface area contributed by atoms with Crippen LogP contribution in [0.1, 0.15) is 42.6 Å². The van der Waals surface area contributed by atoms with Gasteiger partial charge in [-0.2, -0.15) is 0 Å². The molecule has 1 aliphatic heterocycles. The number of hydrogen-bond acceptors (Lipinski definition) is 3. The van der Waals surface area contributed by atoms with Crippen molar-refractivity contribution < 1.29 is 14.4 Å². The summed E-state index contributed by atoms with van der Waals surface area (Å²) in [5.41, 5.74) is 2.16. The molecule has 4 amide bonds. The molecule has 2 aromatic carbocycles. The van der Waals surface area contributed by atoms with Gasteiger partial charge in [-0.3, -0.25) is 9.59 Å². The predicted molar refractivity (Wildman–Crippen MR) is 121 cm³/mol. The number of piperidine rings is 1. The lowest BCUT2D eigenvalue weighted by molar-refractivity contribution is -0.126. The lowest BCUT2D eigenvalue weighted by Crippen LogP contribution is -2.43. The second-order valence-electron chi connectivity index (χ2n) is 8.10. The summed E-state index contributed by atoms with van der Waals surface area (Å²) in [5.74, 6) is -0.130. The maximum absolute atomic E-state index is 12.9. The monoisotopic (exact) mass is 422 g/mol. The van der Waals surface area contributed by atoms with E-state index in [-0.39, 0.29) is 29.8 Å². The fourth-order valence-corrected chi connectivity index (χ4v) is 3.62. The van der Waals surface area contributed by atoms with Crippen LogP contribution in [0.3, 0.4) is 0 Å². The van der Waals surface area contributed by atoms with E-state index in [0.29, 0.717) is 43.7 Å². The molecule has 1 heterocycles. The highest BCUT2D eigenvalue weighted by atomic mass is 16.2. The molecule has 3 N–H and O–H groups in total. The van der Waals surface area contributed by atoms with Gasteiger partial charge in [0.15, 0.2) is 0 Å². The molecule has 3 rings (SSSR count). The Morgan fingerprint density at radius 2 is 1.71 bits per heavy atom. The third-order valence-electron chi connectivity index (χ3n) is 5.25. The van der Waals surface area contributed by atoms with Crippen LogP contribution in [0.2, 0.25) is 0 Å². The zero-order valence-corrected chi connectivity index (χ0v) is 18.1. The van der Waals surface area contributed by atoms with Crippen molar-refractivity contribution >= 4 is 23.5 Å². The van der Waals surface area contributed by atoms with Crippen LogP contribution in [-0.4, -0.2) is 41.9 Å². The molecule has 7 nitrogen and oxygen atoms in total. The highest BCUT2D eigenvalue weighted by molar-refractivity contribution is 5.97. The molecule has 1 fully saturated rings. The van der Waals surface area contributed by atoms with E-state index in [1.54, 1.807) is 29.2 Å². The van der Waals surface area contributed by atoms with E-state index in [4.69, 9.17) is 0 Å². The molecule has 2 aromatic rings. The Morgan fingerprint density at radius 3 is 2.39 bits per heavy atom. The average Bonchev–Trinajstić information content (AvgIpc) is 2.77. The van der Waals surface area contributed by atoms with E-state index in [0.717, 1.165) is 5.56 Å². The van der Waals surface area contributed by atoms with Crippen LogP contribution >= 0.6 is 0 Å². The van der Waals surface area contributed by atoms with Crippen LogP contribution in [-0.2, 0) is 11.3 Å². The van der Waals surface area contributed by atoms with Gasteiger partial charge in [-0.1, -0.05) is 36.4 Å². The molecule has 0 atom stereocenters. The van der Waals surface area contributed by atoms with Crippen molar-refractivity contribution in [1.82, 2.24) is 15.5 Å². The second kappa shape index (κ2) is 10.6. The molecule has 0 aromatic heterocycles. The lowest BCUT2D eigenvalue weighted by atomic mass is 9.95. The minimum atomic E-state index is -0.304. The number of nitrogens with one attached hydrogen (secondary N) is 3. The van der Waals surface area contributed by atoms with Crippen LogP contribution in [0.25, 0.3) is 0 Å². The first-order valence-electron chi connectivity index (χ1n) is 10.7. The number of benzene rings is 2. The van der Waals surface area contributed by atoms with Crippen LogP contribution < -0.4 is 16.0 Å². The molecule has 0 saturated carbocycles. The molecule has 0 aliphatic carbocycles. The highest BCUT2D eigenvalue weighted by Gasteiger charge is 2.27. The van der Waals surface area contributed by atoms with Crippen molar-refractivity contribution in [3.05, 3.63) is 65.7 Å². The maximum Gasteiger partial charge on any atom is 0.319 e. The first-order valence-corrected chi connectivity index (χ1v) is 10.7. The van der Waals surface area contributed by atoms with Crippen LogP contribution in [0.4, 0.5) is 10.5 Å². The normalized spacial score (nSPS) is 14.2. The fourth-order valence-electron chi connectivity index (χ4n) is 3.62. The summed E-state index contributed by atoms with van der Waals surface area (Å²) in [6.07, 6.45) is 1.28. The van der Waals surface area contributed by atoms with Crippen molar-refractivity contribution in [2.45, 2.75) is 39.3 Å². The standard InChI is InChI=1S/C24H30N4O3/c1-17(2)26-24(31)27-21-10-6-9-20(15-21)23(30)28-13-11-19(12-14-28)22(29)25-16-18-7-4-3-5-8-18/h3-10,15,17,19H,11-14,16H2,1-2H3,(H,25,29)(H2,26,27,31). The summed E-state index contributed by atoms with van der Waals surface area (Å²) in [6.45, 7) is 5.35. The molecule has 1 saturated heterocycles. The van der Waals surface area contributed by atoms with E-state index < -0.39 is 0 Å². The van der Waals surface area contributed by atoms with Crippen LogP contribution in [0, 0.1) is 5.92 Å². The topological polar surface area (TPSA) is 90.5 Å². The Morgan fingerprint density at radius 1 is 1.00 bits per heavy atom. The van der Waals surface area contributed by atoms with Crippen LogP contribution in [0.15, 0.2) is 54.6 Å². The lowest BCUT2D eigenvalue weighted by Gasteiger charge is -2.31. The van der Waals surface area contributed by atoms with Gasteiger partial charge in [0.2, 0.25) is 5.91 Å². The molecular formula is C24H30N4O3. The Bertz CT molecular complexity index is 906. The van der Waals surface area contributed by atoms with Crippen molar-refractivity contribution in [3.8, 4) is 0 Å². The number of likely N-dealkylation sites (tertiary alicyclic amines) is 1. The number of hydrogen-bond donors (Lipinski definition) is 3. The van der Waals surface area contributed by atoms with Gasteiger partial charge >= 0.3 is 6.03 Å². The van der Waals surface area contributed by atoms with Gasteiger partial charge in [-0.15, -0.1) is 0 Å². The first kappa shape index (κ1) is 22.3. The third kappa shape index (κ3) is 6.57. The smallest absolute Gasteiger partial charge is 0.319 e. The zero-order valence-electron chi connectivity index (χ0n) is 18.1. The van der Waals surface area contributed by atoms with Crippen molar-refractivity contribution in [2.24, 2.45) is 5.92 Å². The SMILES string of the molecule is CC(C)NC(=O)Nc1cccc(C(=O)N2CCC(C(=O)NCc3ccccc3)CC2)c1. The summed E-state index contributed by atoms with van der Waals surface area (Å²) < 4.78 is 0. The summed E-state index contributed by atoms with van der Waals surface area (Å²) in [5, 5.41) is 8.50. The van der Waals surface area contributed by atoms with Crippen molar-refractivity contribution in [1.29, 1.82) is 0 Å². The number of urea groups is 1. The van der Waals surface area contributed by atoms with Gasteiger partial charge in [0.05, 0.1) is 0 Å².